The fourth-order valence-electron chi connectivity index (χ4n) is 1.41. The first kappa shape index (κ1) is 12.9. The Kier molecular flexibility index (Phi) is 3.54. The van der Waals surface area contributed by atoms with Crippen molar-refractivity contribution in [2.45, 2.75) is 0 Å². The summed E-state index contributed by atoms with van der Waals surface area (Å²) in [6, 6.07) is 3.31. The van der Waals surface area contributed by atoms with E-state index in [-0.39, 0.29) is 15.7 Å². The summed E-state index contributed by atoms with van der Waals surface area (Å²) >= 11 is 11.9. The van der Waals surface area contributed by atoms with Crippen LogP contribution in [0.4, 0.5) is 0 Å². The van der Waals surface area contributed by atoms with Gasteiger partial charge in [-0.3, -0.25) is 4.68 Å². The van der Waals surface area contributed by atoms with Crippen LogP contribution in [0.1, 0.15) is 10.5 Å². The van der Waals surface area contributed by atoms with Crippen molar-refractivity contribution in [3.63, 3.8) is 0 Å². The van der Waals surface area contributed by atoms with Crippen molar-refractivity contribution in [3.8, 4) is 11.4 Å². The molecular formula is C11H9Cl2N3O2. The number of halogens is 2. The number of rotatable bonds is 2. The van der Waals surface area contributed by atoms with Gasteiger partial charge in [-0.1, -0.05) is 23.2 Å². The SMILES string of the molecule is COC(=O)c1nc(-c2ccn(C)n2)cc(Cl)c1Cl. The average Bonchev–Trinajstić information content (AvgIpc) is 2.78. The molecule has 0 aliphatic heterocycles. The molecular weight excluding hydrogens is 277 g/mol. The molecule has 0 amide bonds. The van der Waals surface area contributed by atoms with E-state index in [9.17, 15) is 4.79 Å². The van der Waals surface area contributed by atoms with E-state index < -0.39 is 5.97 Å². The summed E-state index contributed by atoms with van der Waals surface area (Å²) in [4.78, 5) is 15.6. The van der Waals surface area contributed by atoms with Gasteiger partial charge in [-0.05, 0) is 12.1 Å². The minimum atomic E-state index is -0.639. The van der Waals surface area contributed by atoms with E-state index in [1.165, 1.54) is 7.11 Å². The minimum Gasteiger partial charge on any atom is -0.464 e. The highest BCUT2D eigenvalue weighted by Crippen LogP contribution is 2.29. The third-order valence-corrected chi connectivity index (χ3v) is 3.05. The summed E-state index contributed by atoms with van der Waals surface area (Å²) in [5.41, 5.74) is 1.04. The number of methoxy groups -OCH3 is 1. The molecule has 0 N–H and O–H groups in total. The number of aromatic nitrogens is 3. The monoisotopic (exact) mass is 285 g/mol. The quantitative estimate of drug-likeness (QED) is 0.796. The Morgan fingerprint density at radius 3 is 2.67 bits per heavy atom. The van der Waals surface area contributed by atoms with Crippen LogP contribution in [0.25, 0.3) is 11.4 Å². The van der Waals surface area contributed by atoms with Gasteiger partial charge in [0, 0.05) is 13.2 Å². The van der Waals surface area contributed by atoms with Crippen LogP contribution in [-0.2, 0) is 11.8 Å². The van der Waals surface area contributed by atoms with Crippen molar-refractivity contribution in [2.75, 3.05) is 7.11 Å². The Morgan fingerprint density at radius 1 is 1.39 bits per heavy atom. The molecule has 0 unspecified atom stereocenters. The first-order chi connectivity index (χ1) is 8.52. The summed E-state index contributed by atoms with van der Waals surface area (Å²) in [5, 5.41) is 4.48. The van der Waals surface area contributed by atoms with Crippen LogP contribution in [0.5, 0.6) is 0 Å². The largest absolute Gasteiger partial charge is 0.464 e. The first-order valence-electron chi connectivity index (χ1n) is 4.97. The molecule has 0 atom stereocenters. The Hall–Kier alpha value is -1.59. The third kappa shape index (κ3) is 2.32. The molecule has 0 saturated heterocycles. The maximum absolute atomic E-state index is 11.5. The topological polar surface area (TPSA) is 57.0 Å². The number of carbonyl (C=O) groups is 1. The molecule has 2 rings (SSSR count). The van der Waals surface area contributed by atoms with Gasteiger partial charge in [-0.15, -0.1) is 0 Å². The molecule has 2 heterocycles. The van der Waals surface area contributed by atoms with Crippen LogP contribution in [0.3, 0.4) is 0 Å². The zero-order valence-corrected chi connectivity index (χ0v) is 11.2. The molecule has 7 heteroatoms. The number of hydrogen-bond donors (Lipinski definition) is 0. The molecule has 0 saturated carbocycles. The van der Waals surface area contributed by atoms with Crippen LogP contribution in [-0.4, -0.2) is 27.8 Å². The number of carbonyl (C=O) groups excluding carboxylic acids is 1. The van der Waals surface area contributed by atoms with E-state index in [2.05, 4.69) is 14.8 Å². The Bertz CT molecular complexity index is 610. The van der Waals surface area contributed by atoms with Crippen molar-refractivity contribution in [2.24, 2.45) is 7.05 Å². The van der Waals surface area contributed by atoms with Gasteiger partial charge >= 0.3 is 5.97 Å². The molecule has 0 fully saturated rings. The summed E-state index contributed by atoms with van der Waals surface area (Å²) in [5.74, 6) is -0.639. The molecule has 18 heavy (non-hydrogen) atoms. The van der Waals surface area contributed by atoms with E-state index in [4.69, 9.17) is 23.2 Å². The van der Waals surface area contributed by atoms with Gasteiger partial charge in [0.25, 0.3) is 0 Å². The van der Waals surface area contributed by atoms with Crippen molar-refractivity contribution < 1.29 is 9.53 Å². The predicted molar refractivity (Wildman–Crippen MR) is 67.8 cm³/mol. The Morgan fingerprint density at radius 2 is 2.11 bits per heavy atom. The van der Waals surface area contributed by atoms with E-state index in [1.807, 2.05) is 0 Å². The molecule has 0 radical (unpaired) electrons. The number of hydrogen-bond acceptors (Lipinski definition) is 4. The molecule has 0 spiro atoms. The lowest BCUT2D eigenvalue weighted by Gasteiger charge is -2.05. The number of ether oxygens (including phenoxy) is 1. The highest BCUT2D eigenvalue weighted by molar-refractivity contribution is 6.43. The number of aryl methyl sites for hydroxylation is 1. The fraction of sp³-hybridized carbons (Fsp3) is 0.182. The average molecular weight is 286 g/mol. The summed E-state index contributed by atoms with van der Waals surface area (Å²) in [6.45, 7) is 0. The van der Waals surface area contributed by atoms with Crippen LogP contribution in [0.15, 0.2) is 18.3 Å². The second-order valence-electron chi connectivity index (χ2n) is 3.52. The molecule has 2 aromatic heterocycles. The third-order valence-electron chi connectivity index (χ3n) is 2.27. The molecule has 2 aromatic rings. The Labute approximate surface area is 113 Å². The van der Waals surface area contributed by atoms with Crippen LogP contribution >= 0.6 is 23.2 Å². The van der Waals surface area contributed by atoms with Gasteiger partial charge in [-0.2, -0.15) is 5.10 Å². The molecule has 94 valence electrons. The lowest BCUT2D eigenvalue weighted by molar-refractivity contribution is 0.0594. The molecule has 5 nitrogen and oxygen atoms in total. The second-order valence-corrected chi connectivity index (χ2v) is 4.30. The summed E-state index contributed by atoms with van der Waals surface area (Å²) < 4.78 is 6.22. The number of esters is 1. The van der Waals surface area contributed by atoms with Crippen molar-refractivity contribution in [1.29, 1.82) is 0 Å². The van der Waals surface area contributed by atoms with Crippen molar-refractivity contribution in [3.05, 3.63) is 34.1 Å². The molecule has 0 aliphatic rings. The first-order valence-corrected chi connectivity index (χ1v) is 5.73. The van der Waals surface area contributed by atoms with E-state index in [0.29, 0.717) is 11.4 Å². The summed E-state index contributed by atoms with van der Waals surface area (Å²) in [7, 11) is 3.03. The van der Waals surface area contributed by atoms with Gasteiger partial charge < -0.3 is 4.74 Å². The van der Waals surface area contributed by atoms with E-state index in [0.717, 1.165) is 0 Å². The van der Waals surface area contributed by atoms with Gasteiger partial charge in [0.2, 0.25) is 0 Å². The van der Waals surface area contributed by atoms with Gasteiger partial charge in [0.05, 0.1) is 22.8 Å². The highest BCUT2D eigenvalue weighted by Gasteiger charge is 2.18. The number of pyridine rings is 1. The highest BCUT2D eigenvalue weighted by atomic mass is 35.5. The Balaban J connectivity index is 2.57. The van der Waals surface area contributed by atoms with E-state index in [1.54, 1.807) is 30.1 Å². The fourth-order valence-corrected chi connectivity index (χ4v) is 1.78. The summed E-state index contributed by atoms with van der Waals surface area (Å²) in [6.07, 6.45) is 1.76. The number of nitrogens with zero attached hydrogens (tertiary/aromatic N) is 3. The molecule has 0 bridgehead atoms. The maximum Gasteiger partial charge on any atom is 0.358 e. The van der Waals surface area contributed by atoms with Gasteiger partial charge in [0.15, 0.2) is 5.69 Å². The molecule has 0 aromatic carbocycles. The minimum absolute atomic E-state index is 0.0210. The lowest BCUT2D eigenvalue weighted by Crippen LogP contribution is -2.06. The standard InChI is InChI=1S/C11H9Cl2N3O2/c1-16-4-3-7(15-16)8-5-6(12)9(13)10(14-8)11(17)18-2/h3-5H,1-2H3. The van der Waals surface area contributed by atoms with Crippen molar-refractivity contribution >= 4 is 29.2 Å². The van der Waals surface area contributed by atoms with Gasteiger partial charge in [0.1, 0.15) is 5.69 Å². The van der Waals surface area contributed by atoms with Crippen LogP contribution in [0, 0.1) is 0 Å². The zero-order chi connectivity index (χ0) is 13.3. The van der Waals surface area contributed by atoms with Crippen LogP contribution < -0.4 is 0 Å². The van der Waals surface area contributed by atoms with Crippen molar-refractivity contribution in [1.82, 2.24) is 14.8 Å². The van der Waals surface area contributed by atoms with E-state index >= 15 is 0 Å². The lowest BCUT2D eigenvalue weighted by atomic mass is 10.2. The zero-order valence-electron chi connectivity index (χ0n) is 9.65. The predicted octanol–water partition coefficient (Wildman–Crippen LogP) is 2.58. The molecule has 0 aliphatic carbocycles. The maximum atomic E-state index is 11.5. The second kappa shape index (κ2) is 4.96. The van der Waals surface area contributed by atoms with Gasteiger partial charge in [-0.25, -0.2) is 9.78 Å². The van der Waals surface area contributed by atoms with Crippen LogP contribution in [0.2, 0.25) is 10.0 Å². The smallest absolute Gasteiger partial charge is 0.358 e. The normalized spacial score (nSPS) is 10.4.